The number of nitrogens with one attached hydrogen (secondary N) is 1. The van der Waals surface area contributed by atoms with Crippen molar-refractivity contribution in [3.8, 4) is 0 Å². The third kappa shape index (κ3) is 3.51. The van der Waals surface area contributed by atoms with Crippen molar-refractivity contribution in [1.82, 2.24) is 10.2 Å². The molecule has 2 amide bonds. The standard InChI is InChI=1S/C19H22N2O2S/c1-19(2,3)20-17(22)16-10-13-6-4-5-7-14(13)11-21(16)18(23)15-8-9-24-12-15/h4-9,12,16H,10-11H2,1-3H3,(H,20,22). The number of rotatable bonds is 2. The molecule has 2 aromatic rings. The molecule has 4 nitrogen and oxygen atoms in total. The van der Waals surface area contributed by atoms with Gasteiger partial charge in [0.2, 0.25) is 5.91 Å². The molecule has 1 N–H and O–H groups in total. The quantitative estimate of drug-likeness (QED) is 0.911. The molecule has 0 bridgehead atoms. The Hall–Kier alpha value is -2.14. The molecule has 0 spiro atoms. The maximum atomic E-state index is 12.9. The lowest BCUT2D eigenvalue weighted by molar-refractivity contribution is -0.127. The SMILES string of the molecule is CC(C)(C)NC(=O)C1Cc2ccccc2CN1C(=O)c1ccsc1. The molecule has 2 heterocycles. The summed E-state index contributed by atoms with van der Waals surface area (Å²) in [5, 5.41) is 6.74. The minimum absolute atomic E-state index is 0.0835. The molecule has 0 aliphatic carbocycles. The van der Waals surface area contributed by atoms with E-state index in [1.165, 1.54) is 11.3 Å². The molecule has 0 fully saturated rings. The van der Waals surface area contributed by atoms with Crippen LogP contribution in [0.1, 0.15) is 42.3 Å². The number of nitrogens with zero attached hydrogens (tertiary/aromatic N) is 1. The molecule has 5 heteroatoms. The first-order chi connectivity index (χ1) is 11.3. The summed E-state index contributed by atoms with van der Waals surface area (Å²) in [4.78, 5) is 27.4. The third-order valence-corrected chi connectivity index (χ3v) is 4.76. The fourth-order valence-electron chi connectivity index (χ4n) is 2.98. The Morgan fingerprint density at radius 1 is 1.17 bits per heavy atom. The molecular formula is C19H22N2O2S. The summed E-state index contributed by atoms with van der Waals surface area (Å²) in [5.74, 6) is -0.180. The van der Waals surface area contributed by atoms with Crippen molar-refractivity contribution in [3.05, 3.63) is 57.8 Å². The molecule has 126 valence electrons. The highest BCUT2D eigenvalue weighted by molar-refractivity contribution is 7.08. The molecule has 24 heavy (non-hydrogen) atoms. The van der Waals surface area contributed by atoms with E-state index in [2.05, 4.69) is 5.32 Å². The normalized spacial score (nSPS) is 17.3. The Bertz CT molecular complexity index is 747. The van der Waals surface area contributed by atoms with Gasteiger partial charge < -0.3 is 10.2 Å². The monoisotopic (exact) mass is 342 g/mol. The molecule has 1 atom stereocenters. The second kappa shape index (κ2) is 6.40. The lowest BCUT2D eigenvalue weighted by atomic mass is 9.92. The zero-order valence-electron chi connectivity index (χ0n) is 14.2. The van der Waals surface area contributed by atoms with E-state index >= 15 is 0 Å². The molecule has 3 rings (SSSR count). The van der Waals surface area contributed by atoms with Crippen LogP contribution in [0.3, 0.4) is 0 Å². The van der Waals surface area contributed by atoms with E-state index in [0.717, 1.165) is 11.1 Å². The Kier molecular flexibility index (Phi) is 4.45. The van der Waals surface area contributed by atoms with E-state index in [1.54, 1.807) is 4.90 Å². The maximum Gasteiger partial charge on any atom is 0.255 e. The first-order valence-electron chi connectivity index (χ1n) is 8.07. The summed E-state index contributed by atoms with van der Waals surface area (Å²) in [7, 11) is 0. The molecular weight excluding hydrogens is 320 g/mol. The van der Waals surface area contributed by atoms with Gasteiger partial charge >= 0.3 is 0 Å². The van der Waals surface area contributed by atoms with Crippen molar-refractivity contribution >= 4 is 23.2 Å². The summed E-state index contributed by atoms with van der Waals surface area (Å²) >= 11 is 1.49. The highest BCUT2D eigenvalue weighted by Gasteiger charge is 2.36. The van der Waals surface area contributed by atoms with E-state index in [4.69, 9.17) is 0 Å². The Balaban J connectivity index is 1.93. The van der Waals surface area contributed by atoms with Gasteiger partial charge in [-0.15, -0.1) is 0 Å². The Labute approximate surface area is 146 Å². The molecule has 0 saturated heterocycles. The molecule has 1 aliphatic rings. The average Bonchev–Trinajstić information content (AvgIpc) is 3.05. The molecule has 0 radical (unpaired) electrons. The van der Waals surface area contributed by atoms with Crippen LogP contribution in [-0.2, 0) is 17.8 Å². The van der Waals surface area contributed by atoms with E-state index in [1.807, 2.05) is 61.9 Å². The zero-order chi connectivity index (χ0) is 17.3. The Morgan fingerprint density at radius 2 is 1.88 bits per heavy atom. The molecule has 1 aromatic carbocycles. The van der Waals surface area contributed by atoms with Crippen LogP contribution in [0.25, 0.3) is 0 Å². The van der Waals surface area contributed by atoms with Crippen molar-refractivity contribution in [3.63, 3.8) is 0 Å². The number of fused-ring (bicyclic) bond motifs is 1. The van der Waals surface area contributed by atoms with Crippen LogP contribution in [0.15, 0.2) is 41.1 Å². The predicted octanol–water partition coefficient (Wildman–Crippen LogP) is 3.23. The first kappa shape index (κ1) is 16.7. The minimum Gasteiger partial charge on any atom is -0.350 e. The van der Waals surface area contributed by atoms with Crippen molar-refractivity contribution in [2.75, 3.05) is 0 Å². The number of hydrogen-bond acceptors (Lipinski definition) is 3. The van der Waals surface area contributed by atoms with Gasteiger partial charge in [-0.3, -0.25) is 9.59 Å². The zero-order valence-corrected chi connectivity index (χ0v) is 15.0. The van der Waals surface area contributed by atoms with E-state index in [0.29, 0.717) is 18.5 Å². The number of carbonyl (C=O) groups excluding carboxylic acids is 2. The fourth-order valence-corrected chi connectivity index (χ4v) is 3.61. The average molecular weight is 342 g/mol. The second-order valence-electron chi connectivity index (χ2n) is 7.17. The second-order valence-corrected chi connectivity index (χ2v) is 7.95. The van der Waals surface area contributed by atoms with Crippen molar-refractivity contribution < 1.29 is 9.59 Å². The van der Waals surface area contributed by atoms with Crippen molar-refractivity contribution in [2.45, 2.75) is 45.3 Å². The van der Waals surface area contributed by atoms with Gasteiger partial charge in [-0.2, -0.15) is 11.3 Å². The van der Waals surface area contributed by atoms with E-state index < -0.39 is 6.04 Å². The van der Waals surface area contributed by atoms with Gasteiger partial charge in [-0.1, -0.05) is 24.3 Å². The molecule has 0 saturated carbocycles. The first-order valence-corrected chi connectivity index (χ1v) is 9.01. The minimum atomic E-state index is -0.480. The van der Waals surface area contributed by atoms with Gasteiger partial charge in [0.05, 0.1) is 5.56 Å². The lowest BCUT2D eigenvalue weighted by Gasteiger charge is -2.37. The molecule has 1 aliphatic heterocycles. The number of carbonyl (C=O) groups is 2. The van der Waals surface area contributed by atoms with Gasteiger partial charge in [0.15, 0.2) is 0 Å². The lowest BCUT2D eigenvalue weighted by Crippen LogP contribution is -2.55. The summed E-state index contributed by atoms with van der Waals surface area (Å²) in [6.45, 7) is 6.32. The molecule has 1 aromatic heterocycles. The van der Waals surface area contributed by atoms with Crippen LogP contribution in [0.4, 0.5) is 0 Å². The van der Waals surface area contributed by atoms with Crippen LogP contribution in [-0.4, -0.2) is 28.3 Å². The maximum absolute atomic E-state index is 12.9. The number of amides is 2. The number of benzene rings is 1. The van der Waals surface area contributed by atoms with Gasteiger partial charge in [0.25, 0.3) is 5.91 Å². The smallest absolute Gasteiger partial charge is 0.255 e. The predicted molar refractivity (Wildman–Crippen MR) is 96.0 cm³/mol. The van der Waals surface area contributed by atoms with Gasteiger partial charge in [0.1, 0.15) is 6.04 Å². The number of hydrogen-bond donors (Lipinski definition) is 1. The molecule has 1 unspecified atom stereocenters. The van der Waals surface area contributed by atoms with Crippen LogP contribution >= 0.6 is 11.3 Å². The van der Waals surface area contributed by atoms with Crippen molar-refractivity contribution in [1.29, 1.82) is 0 Å². The topological polar surface area (TPSA) is 49.4 Å². The van der Waals surface area contributed by atoms with Crippen molar-refractivity contribution in [2.24, 2.45) is 0 Å². The van der Waals surface area contributed by atoms with E-state index in [-0.39, 0.29) is 17.4 Å². The summed E-state index contributed by atoms with van der Waals surface area (Å²) < 4.78 is 0. The summed E-state index contributed by atoms with van der Waals surface area (Å²) in [6.07, 6.45) is 0.550. The van der Waals surface area contributed by atoms with Gasteiger partial charge in [-0.05, 0) is 43.3 Å². The van der Waals surface area contributed by atoms with Crippen LogP contribution < -0.4 is 5.32 Å². The highest BCUT2D eigenvalue weighted by atomic mass is 32.1. The Morgan fingerprint density at radius 3 is 2.50 bits per heavy atom. The summed E-state index contributed by atoms with van der Waals surface area (Å²) in [6, 6.07) is 9.36. The van der Waals surface area contributed by atoms with Crippen LogP contribution in [0.2, 0.25) is 0 Å². The van der Waals surface area contributed by atoms with E-state index in [9.17, 15) is 9.59 Å². The van der Waals surface area contributed by atoms with Gasteiger partial charge in [-0.25, -0.2) is 0 Å². The summed E-state index contributed by atoms with van der Waals surface area (Å²) in [5.41, 5.74) is 2.57. The third-order valence-electron chi connectivity index (χ3n) is 4.08. The van der Waals surface area contributed by atoms with Crippen LogP contribution in [0.5, 0.6) is 0 Å². The fraction of sp³-hybridized carbons (Fsp3) is 0.368. The van der Waals surface area contributed by atoms with Gasteiger partial charge in [0, 0.05) is 23.9 Å². The number of thiophene rings is 1. The van der Waals surface area contributed by atoms with Crippen LogP contribution in [0, 0.1) is 0 Å². The highest BCUT2D eigenvalue weighted by Crippen LogP contribution is 2.26. The largest absolute Gasteiger partial charge is 0.350 e.